The minimum Gasteiger partial charge on any atom is -0.389 e. The Labute approximate surface area is 108 Å². The summed E-state index contributed by atoms with van der Waals surface area (Å²) in [6, 6.07) is 5.49. The summed E-state index contributed by atoms with van der Waals surface area (Å²) in [7, 11) is 1.97. The maximum absolute atomic E-state index is 14.1. The molecule has 0 amide bonds. The van der Waals surface area contributed by atoms with Crippen molar-refractivity contribution in [3.63, 3.8) is 0 Å². The molecule has 2 nitrogen and oxygen atoms in total. The third-order valence-electron chi connectivity index (χ3n) is 3.96. The van der Waals surface area contributed by atoms with Crippen LogP contribution in [0.5, 0.6) is 0 Å². The first-order valence-corrected chi connectivity index (χ1v) is 6.80. The average Bonchev–Trinajstić information content (AvgIpc) is 2.38. The van der Waals surface area contributed by atoms with Crippen molar-refractivity contribution in [2.24, 2.45) is 0 Å². The van der Waals surface area contributed by atoms with Crippen LogP contribution in [0.15, 0.2) is 18.2 Å². The minimum atomic E-state index is -0.617. The van der Waals surface area contributed by atoms with Gasteiger partial charge in [0.05, 0.1) is 11.8 Å². The van der Waals surface area contributed by atoms with E-state index in [0.29, 0.717) is 17.3 Å². The number of hydrogen-bond acceptors (Lipinski definition) is 2. The first-order valence-electron chi connectivity index (χ1n) is 6.80. The SMILES string of the molecule is CC(O)c1ccc(N(C)C2CCCCC2)c(F)c1. The van der Waals surface area contributed by atoms with Crippen molar-refractivity contribution in [2.45, 2.75) is 51.2 Å². The molecule has 18 heavy (non-hydrogen) atoms. The van der Waals surface area contributed by atoms with Crippen LogP contribution < -0.4 is 4.90 Å². The van der Waals surface area contributed by atoms with Gasteiger partial charge in [-0.3, -0.25) is 0 Å². The monoisotopic (exact) mass is 251 g/mol. The van der Waals surface area contributed by atoms with E-state index in [2.05, 4.69) is 4.90 Å². The first-order chi connectivity index (χ1) is 8.59. The van der Waals surface area contributed by atoms with Gasteiger partial charge in [-0.1, -0.05) is 25.3 Å². The first kappa shape index (κ1) is 13.3. The van der Waals surface area contributed by atoms with E-state index in [9.17, 15) is 9.50 Å². The van der Waals surface area contributed by atoms with Crippen molar-refractivity contribution in [1.82, 2.24) is 0 Å². The molecule has 1 N–H and O–H groups in total. The highest BCUT2D eigenvalue weighted by Crippen LogP contribution is 2.29. The van der Waals surface area contributed by atoms with E-state index < -0.39 is 6.10 Å². The van der Waals surface area contributed by atoms with Gasteiger partial charge < -0.3 is 10.0 Å². The quantitative estimate of drug-likeness (QED) is 0.886. The van der Waals surface area contributed by atoms with E-state index in [0.717, 1.165) is 12.8 Å². The van der Waals surface area contributed by atoms with Crippen molar-refractivity contribution >= 4 is 5.69 Å². The van der Waals surface area contributed by atoms with Gasteiger partial charge in [-0.2, -0.15) is 0 Å². The molecule has 0 radical (unpaired) electrons. The van der Waals surface area contributed by atoms with Gasteiger partial charge in [0.15, 0.2) is 0 Å². The zero-order chi connectivity index (χ0) is 13.1. The molecule has 1 unspecified atom stereocenters. The maximum atomic E-state index is 14.1. The molecule has 100 valence electrons. The van der Waals surface area contributed by atoms with Crippen LogP contribution in [-0.4, -0.2) is 18.2 Å². The van der Waals surface area contributed by atoms with E-state index in [1.54, 1.807) is 13.0 Å². The average molecular weight is 251 g/mol. The molecule has 1 saturated carbocycles. The van der Waals surface area contributed by atoms with Crippen LogP contribution in [0.4, 0.5) is 10.1 Å². The Bertz CT molecular complexity index is 399. The fraction of sp³-hybridized carbons (Fsp3) is 0.600. The summed E-state index contributed by atoms with van der Waals surface area (Å²) in [4.78, 5) is 2.06. The Morgan fingerprint density at radius 2 is 1.94 bits per heavy atom. The standard InChI is InChI=1S/C15H22FNO/c1-11(18)12-8-9-15(14(16)10-12)17(2)13-6-4-3-5-7-13/h8-11,13,18H,3-7H2,1-2H3. The number of hydrogen-bond donors (Lipinski definition) is 1. The number of benzene rings is 1. The molecule has 0 spiro atoms. The molecule has 1 aromatic rings. The maximum Gasteiger partial charge on any atom is 0.146 e. The molecule has 2 rings (SSSR count). The van der Waals surface area contributed by atoms with Crippen LogP contribution >= 0.6 is 0 Å². The van der Waals surface area contributed by atoms with Crippen molar-refractivity contribution in [1.29, 1.82) is 0 Å². The van der Waals surface area contributed by atoms with Gasteiger partial charge in [0.2, 0.25) is 0 Å². The highest BCUT2D eigenvalue weighted by Gasteiger charge is 2.20. The van der Waals surface area contributed by atoms with Gasteiger partial charge >= 0.3 is 0 Å². The molecule has 0 bridgehead atoms. The number of anilines is 1. The smallest absolute Gasteiger partial charge is 0.146 e. The third kappa shape index (κ3) is 2.83. The molecule has 0 saturated heterocycles. The number of halogens is 1. The van der Waals surface area contributed by atoms with Crippen LogP contribution in [0.25, 0.3) is 0 Å². The zero-order valence-corrected chi connectivity index (χ0v) is 11.2. The summed E-state index contributed by atoms with van der Waals surface area (Å²) in [6.07, 6.45) is 5.45. The highest BCUT2D eigenvalue weighted by atomic mass is 19.1. The van der Waals surface area contributed by atoms with Gasteiger partial charge in [0.1, 0.15) is 5.82 Å². The molecule has 1 aliphatic rings. The summed E-state index contributed by atoms with van der Waals surface area (Å²) in [6.45, 7) is 1.65. The Hall–Kier alpha value is -1.09. The Balaban J connectivity index is 2.16. The number of nitrogens with zero attached hydrogens (tertiary/aromatic N) is 1. The van der Waals surface area contributed by atoms with Gasteiger partial charge in [0, 0.05) is 13.1 Å². The molecule has 1 fully saturated rings. The largest absolute Gasteiger partial charge is 0.389 e. The Kier molecular flexibility index (Phi) is 4.23. The number of aliphatic hydroxyl groups is 1. The molecule has 3 heteroatoms. The molecule has 0 aromatic heterocycles. The fourth-order valence-corrected chi connectivity index (χ4v) is 2.73. The predicted octanol–water partition coefficient (Wildman–Crippen LogP) is 3.65. The van der Waals surface area contributed by atoms with Gasteiger partial charge in [-0.25, -0.2) is 4.39 Å². The van der Waals surface area contributed by atoms with Crippen LogP contribution in [0, 0.1) is 5.82 Å². The lowest BCUT2D eigenvalue weighted by atomic mass is 9.94. The van der Waals surface area contributed by atoms with Crippen molar-refractivity contribution in [2.75, 3.05) is 11.9 Å². The minimum absolute atomic E-state index is 0.235. The van der Waals surface area contributed by atoms with Crippen LogP contribution in [-0.2, 0) is 0 Å². The molecule has 1 aliphatic carbocycles. The van der Waals surface area contributed by atoms with Crippen LogP contribution in [0.1, 0.15) is 50.7 Å². The lowest BCUT2D eigenvalue weighted by Gasteiger charge is -2.33. The molecule has 1 atom stereocenters. The fourth-order valence-electron chi connectivity index (χ4n) is 2.73. The van der Waals surface area contributed by atoms with Crippen LogP contribution in [0.3, 0.4) is 0 Å². The van der Waals surface area contributed by atoms with Gasteiger partial charge in [-0.05, 0) is 37.5 Å². The second kappa shape index (κ2) is 5.70. The van der Waals surface area contributed by atoms with Crippen molar-refractivity contribution in [3.05, 3.63) is 29.6 Å². The topological polar surface area (TPSA) is 23.5 Å². The summed E-state index contributed by atoms with van der Waals surface area (Å²) >= 11 is 0. The molecular weight excluding hydrogens is 229 g/mol. The lowest BCUT2D eigenvalue weighted by molar-refractivity contribution is 0.199. The Morgan fingerprint density at radius 1 is 1.28 bits per heavy atom. The van der Waals surface area contributed by atoms with Crippen molar-refractivity contribution in [3.8, 4) is 0 Å². The van der Waals surface area contributed by atoms with E-state index in [-0.39, 0.29) is 5.82 Å². The number of aliphatic hydroxyl groups excluding tert-OH is 1. The summed E-state index contributed by atoms with van der Waals surface area (Å²) < 4.78 is 14.1. The second-order valence-corrected chi connectivity index (χ2v) is 5.29. The second-order valence-electron chi connectivity index (χ2n) is 5.29. The van der Waals surface area contributed by atoms with Gasteiger partial charge in [0.25, 0.3) is 0 Å². The summed E-state index contributed by atoms with van der Waals surface area (Å²) in [5.74, 6) is -0.235. The Morgan fingerprint density at radius 3 is 2.50 bits per heavy atom. The van der Waals surface area contributed by atoms with Gasteiger partial charge in [-0.15, -0.1) is 0 Å². The normalized spacial score (nSPS) is 18.7. The number of rotatable bonds is 3. The third-order valence-corrected chi connectivity index (χ3v) is 3.96. The zero-order valence-electron chi connectivity index (χ0n) is 11.2. The summed E-state index contributed by atoms with van der Waals surface area (Å²) in [5.41, 5.74) is 1.28. The van der Waals surface area contributed by atoms with Crippen LogP contribution in [0.2, 0.25) is 0 Å². The molecule has 1 aromatic carbocycles. The molecule has 0 aliphatic heterocycles. The molecule has 0 heterocycles. The molecular formula is C15H22FNO. The van der Waals surface area contributed by atoms with E-state index >= 15 is 0 Å². The van der Waals surface area contributed by atoms with E-state index in [1.165, 1.54) is 25.3 Å². The highest BCUT2D eigenvalue weighted by molar-refractivity contribution is 5.49. The summed E-state index contributed by atoms with van der Waals surface area (Å²) in [5, 5.41) is 9.45. The predicted molar refractivity (Wildman–Crippen MR) is 72.3 cm³/mol. The van der Waals surface area contributed by atoms with E-state index in [1.807, 2.05) is 13.1 Å². The van der Waals surface area contributed by atoms with E-state index in [4.69, 9.17) is 0 Å². The lowest BCUT2D eigenvalue weighted by Crippen LogP contribution is -2.33. The van der Waals surface area contributed by atoms with Crippen molar-refractivity contribution < 1.29 is 9.50 Å².